The second kappa shape index (κ2) is 11.6. The molecule has 0 saturated carbocycles. The van der Waals surface area contributed by atoms with Gasteiger partial charge in [0.2, 0.25) is 0 Å². The molecule has 0 aliphatic rings. The Bertz CT molecular complexity index is 3260. The number of para-hydroxylation sites is 2. The monoisotopic (exact) mass is 666 g/mol. The van der Waals surface area contributed by atoms with E-state index in [1.807, 2.05) is 60.7 Å². The molecule has 3 aromatic heterocycles. The van der Waals surface area contributed by atoms with Crippen LogP contribution in [0.25, 0.3) is 93.0 Å². The Hall–Kier alpha value is -6.43. The van der Waals surface area contributed by atoms with Gasteiger partial charge in [-0.25, -0.2) is 15.0 Å². The van der Waals surface area contributed by atoms with E-state index in [-0.39, 0.29) is 28.6 Å². The highest BCUT2D eigenvalue weighted by atomic mass is 32.1. The minimum atomic E-state index is -0.599. The molecule has 50 heavy (non-hydrogen) atoms. The molecule has 7 aromatic carbocycles. The van der Waals surface area contributed by atoms with Gasteiger partial charge in [0.1, 0.15) is 0 Å². The van der Waals surface area contributed by atoms with Crippen molar-refractivity contribution >= 4 is 53.3 Å². The molecule has 0 radical (unpaired) electrons. The first-order valence-corrected chi connectivity index (χ1v) is 16.7. The smallest absolute Gasteiger partial charge is 0.164 e. The van der Waals surface area contributed by atoms with E-state index < -0.39 is 60.4 Å². The molecule has 0 unspecified atom stereocenters. The molecule has 0 aliphatic heterocycles. The first kappa shape index (κ1) is 20.2. The summed E-state index contributed by atoms with van der Waals surface area (Å²) in [6, 6.07) is 31.2. The Balaban J connectivity index is 1.25. The summed E-state index contributed by atoms with van der Waals surface area (Å²) >= 11 is 1.59. The molecule has 0 amide bonds. The number of fused-ring (bicyclic) bond motifs is 6. The van der Waals surface area contributed by atoms with Crippen molar-refractivity contribution in [2.45, 2.75) is 0 Å². The fourth-order valence-corrected chi connectivity index (χ4v) is 7.82. The molecule has 4 nitrogen and oxygen atoms in total. The summed E-state index contributed by atoms with van der Waals surface area (Å²) in [6.45, 7) is 0. The lowest BCUT2D eigenvalue weighted by atomic mass is 10.0. The van der Waals surface area contributed by atoms with Gasteiger partial charge in [-0.3, -0.25) is 0 Å². The van der Waals surface area contributed by atoms with Gasteiger partial charge in [-0.2, -0.15) is 0 Å². The van der Waals surface area contributed by atoms with Crippen molar-refractivity contribution in [3.05, 3.63) is 170 Å². The molecule has 0 spiro atoms. The lowest BCUT2D eigenvalue weighted by Gasteiger charge is -2.12. The molecule has 3 heterocycles. The zero-order valence-electron chi connectivity index (χ0n) is 36.1. The van der Waals surface area contributed by atoms with Crippen LogP contribution in [0.2, 0.25) is 0 Å². The van der Waals surface area contributed by atoms with E-state index >= 15 is 0 Å². The van der Waals surface area contributed by atoms with Crippen LogP contribution >= 0.6 is 11.3 Å². The summed E-state index contributed by atoms with van der Waals surface area (Å²) in [4.78, 5) is 13.7. The van der Waals surface area contributed by atoms with Crippen molar-refractivity contribution < 1.29 is 13.7 Å². The number of nitrogens with zero attached hydrogens (tertiary/aromatic N) is 4. The average Bonchev–Trinajstić information content (AvgIpc) is 3.82. The summed E-state index contributed by atoms with van der Waals surface area (Å²) in [5.74, 6) is -0.603. The van der Waals surface area contributed by atoms with Gasteiger partial charge in [0.15, 0.2) is 17.5 Å². The maximum atomic E-state index is 8.70. The zero-order chi connectivity index (χ0) is 41.7. The molecule has 5 heteroatoms. The summed E-state index contributed by atoms with van der Waals surface area (Å²) < 4.78 is 88.6. The van der Waals surface area contributed by atoms with Crippen LogP contribution in [-0.4, -0.2) is 19.5 Å². The van der Waals surface area contributed by atoms with Crippen LogP contribution in [0.1, 0.15) is 13.7 Å². The minimum Gasteiger partial charge on any atom is -0.308 e. The summed E-state index contributed by atoms with van der Waals surface area (Å²) in [6.07, 6.45) is 0. The molecule has 0 N–H and O–H groups in total. The first-order valence-electron chi connectivity index (χ1n) is 20.9. The fraction of sp³-hybridized carbons (Fsp3) is 0. The van der Waals surface area contributed by atoms with E-state index in [1.54, 1.807) is 11.3 Å². The minimum absolute atomic E-state index is 0.0144. The van der Waals surface area contributed by atoms with Gasteiger partial charge in [0, 0.05) is 42.9 Å². The fourth-order valence-electron chi connectivity index (χ4n) is 6.60. The van der Waals surface area contributed by atoms with Gasteiger partial charge >= 0.3 is 0 Å². The molecule has 0 fully saturated rings. The van der Waals surface area contributed by atoms with E-state index in [0.29, 0.717) is 5.56 Å². The molecular weight excluding hydrogens is 629 g/mol. The van der Waals surface area contributed by atoms with Gasteiger partial charge in [0.25, 0.3) is 0 Å². The first-order chi connectivity index (χ1) is 28.9. The lowest BCUT2D eigenvalue weighted by molar-refractivity contribution is 1.07. The number of hydrogen-bond acceptors (Lipinski definition) is 4. The molecule has 0 saturated heterocycles. The number of thiophene rings is 1. The predicted molar refractivity (Wildman–Crippen MR) is 209 cm³/mol. The Morgan fingerprint density at radius 2 is 1.00 bits per heavy atom. The Kier molecular flexibility index (Phi) is 4.69. The number of benzene rings is 7. The standard InChI is InChI=1S/C45H28N4S/c1-4-14-29(15-5-1)33-26-37-36-25-24-32(45-47-43(30-16-6-2-7-17-30)46-44(48-45)31-18-8-3-9-19-31)28-41(36)50-42(37)40(27-33)49-38-22-12-10-20-34(38)35-21-11-13-23-39(35)49/h1-28H/i2D,3D,6D,7D,8D,9D,16D,17D,18D,19D. The molecule has 10 aromatic rings. The van der Waals surface area contributed by atoms with Crippen LogP contribution in [0, 0.1) is 0 Å². The van der Waals surface area contributed by atoms with Crippen molar-refractivity contribution in [1.29, 1.82) is 0 Å². The average molecular weight is 667 g/mol. The Labute approximate surface area is 306 Å². The molecule has 0 bridgehead atoms. The number of rotatable bonds is 5. The third kappa shape index (κ3) is 4.71. The summed E-state index contributed by atoms with van der Waals surface area (Å²) in [5, 5.41) is 4.25. The van der Waals surface area contributed by atoms with Crippen molar-refractivity contribution in [3.8, 4) is 51.0 Å². The number of aromatic nitrogens is 4. The lowest BCUT2D eigenvalue weighted by Crippen LogP contribution is -1.99. The van der Waals surface area contributed by atoms with E-state index in [2.05, 4.69) is 68.0 Å². The highest BCUT2D eigenvalue weighted by molar-refractivity contribution is 7.26. The topological polar surface area (TPSA) is 43.6 Å². The molecule has 0 aliphatic carbocycles. The summed E-state index contributed by atoms with van der Waals surface area (Å²) in [5.41, 5.74) is 5.06. The predicted octanol–water partition coefficient (Wildman–Crippen LogP) is 12.0. The van der Waals surface area contributed by atoms with Gasteiger partial charge in [-0.15, -0.1) is 11.3 Å². The Morgan fingerprint density at radius 3 is 1.62 bits per heavy atom. The third-order valence-corrected chi connectivity index (χ3v) is 10.0. The molecular formula is C45H28N4S. The van der Waals surface area contributed by atoms with Crippen molar-refractivity contribution in [1.82, 2.24) is 19.5 Å². The third-order valence-electron chi connectivity index (χ3n) is 8.82. The van der Waals surface area contributed by atoms with Crippen molar-refractivity contribution in [3.63, 3.8) is 0 Å². The largest absolute Gasteiger partial charge is 0.308 e. The van der Waals surface area contributed by atoms with Crippen molar-refractivity contribution in [2.75, 3.05) is 0 Å². The van der Waals surface area contributed by atoms with E-state index in [1.165, 1.54) is 0 Å². The molecule has 10 rings (SSSR count). The SMILES string of the molecule is [2H]c1c([2H])c([2H])c(-c2nc(-c3ccc4c(c3)sc3c(-n5c6ccccc6c6ccccc65)cc(-c5ccccc5)cc34)nc(-c3c([2H])c([2H])c([2H])c([2H])c3[2H])n2)c([2H])c1[2H]. The maximum absolute atomic E-state index is 8.70. The van der Waals surface area contributed by atoms with Crippen LogP contribution in [0.4, 0.5) is 0 Å². The maximum Gasteiger partial charge on any atom is 0.164 e. The normalized spacial score (nSPS) is 14.4. The van der Waals surface area contributed by atoms with E-state index in [4.69, 9.17) is 13.7 Å². The highest BCUT2D eigenvalue weighted by Crippen LogP contribution is 2.44. The highest BCUT2D eigenvalue weighted by Gasteiger charge is 2.19. The van der Waals surface area contributed by atoms with Crippen LogP contribution in [0.5, 0.6) is 0 Å². The van der Waals surface area contributed by atoms with Crippen LogP contribution < -0.4 is 0 Å². The van der Waals surface area contributed by atoms with Crippen LogP contribution in [0.15, 0.2) is 170 Å². The van der Waals surface area contributed by atoms with E-state index in [9.17, 15) is 0 Å². The van der Waals surface area contributed by atoms with Crippen LogP contribution in [-0.2, 0) is 0 Å². The second-order valence-electron chi connectivity index (χ2n) is 11.7. The van der Waals surface area contributed by atoms with Gasteiger partial charge in [-0.1, -0.05) is 139 Å². The zero-order valence-corrected chi connectivity index (χ0v) is 26.9. The second-order valence-corrected chi connectivity index (χ2v) is 12.8. The van der Waals surface area contributed by atoms with Crippen LogP contribution in [0.3, 0.4) is 0 Å². The van der Waals surface area contributed by atoms with Gasteiger partial charge in [0.05, 0.1) is 35.1 Å². The van der Waals surface area contributed by atoms with Gasteiger partial charge < -0.3 is 4.57 Å². The molecule has 234 valence electrons. The Morgan fingerprint density at radius 1 is 0.440 bits per heavy atom. The van der Waals surface area contributed by atoms with Crippen molar-refractivity contribution in [2.24, 2.45) is 0 Å². The number of hydrogen-bond donors (Lipinski definition) is 0. The quantitative estimate of drug-likeness (QED) is 0.184. The molecule has 0 atom stereocenters. The van der Waals surface area contributed by atoms with Gasteiger partial charge in [-0.05, 0) is 41.5 Å². The summed E-state index contributed by atoms with van der Waals surface area (Å²) in [7, 11) is 0. The van der Waals surface area contributed by atoms with E-state index in [0.717, 1.165) is 58.8 Å².